The molecule has 0 radical (unpaired) electrons. The Labute approximate surface area is 187 Å². The maximum Gasteiger partial charge on any atom is 0.271 e. The number of hydrogen-bond donors (Lipinski definition) is 1. The van der Waals surface area contributed by atoms with Gasteiger partial charge in [0.05, 0.1) is 13.7 Å². The lowest BCUT2D eigenvalue weighted by Gasteiger charge is -2.35. The molecule has 1 aliphatic rings. The van der Waals surface area contributed by atoms with Gasteiger partial charge in [0.1, 0.15) is 16.5 Å². The second-order valence-corrected chi connectivity index (χ2v) is 8.71. The summed E-state index contributed by atoms with van der Waals surface area (Å²) >= 11 is 1.55. The highest BCUT2D eigenvalue weighted by Gasteiger charge is 2.19. The maximum atomic E-state index is 12.5. The molecule has 2 heterocycles. The first-order valence-electron chi connectivity index (χ1n) is 10.5. The third-order valence-corrected chi connectivity index (χ3v) is 6.30. The molecule has 0 bridgehead atoms. The number of thiazole rings is 1. The molecule has 7 heteroatoms. The number of aryl methyl sites for hydroxylation is 1. The monoisotopic (exact) mass is 436 g/mol. The van der Waals surface area contributed by atoms with Gasteiger partial charge in [0.2, 0.25) is 0 Å². The van der Waals surface area contributed by atoms with E-state index in [1.807, 2.05) is 29.6 Å². The van der Waals surface area contributed by atoms with Gasteiger partial charge in [-0.25, -0.2) is 4.98 Å². The summed E-state index contributed by atoms with van der Waals surface area (Å²) < 4.78 is 5.34. The van der Waals surface area contributed by atoms with Gasteiger partial charge >= 0.3 is 0 Å². The Balaban J connectivity index is 1.27. The number of hydrogen-bond acceptors (Lipinski definition) is 6. The predicted molar refractivity (Wildman–Crippen MR) is 125 cm³/mol. The van der Waals surface area contributed by atoms with E-state index in [0.717, 1.165) is 49.0 Å². The van der Waals surface area contributed by atoms with Crippen LogP contribution >= 0.6 is 11.3 Å². The molecule has 4 rings (SSSR count). The molecule has 0 unspecified atom stereocenters. The molecule has 2 aromatic carbocycles. The van der Waals surface area contributed by atoms with Crippen LogP contribution in [0.2, 0.25) is 0 Å². The highest BCUT2D eigenvalue weighted by Crippen LogP contribution is 2.23. The first-order chi connectivity index (χ1) is 15.1. The fourth-order valence-electron chi connectivity index (χ4n) is 3.75. The van der Waals surface area contributed by atoms with E-state index in [2.05, 4.69) is 51.3 Å². The average molecular weight is 437 g/mol. The zero-order valence-corrected chi connectivity index (χ0v) is 18.8. The zero-order chi connectivity index (χ0) is 21.6. The number of anilines is 1. The summed E-state index contributed by atoms with van der Waals surface area (Å²) in [5.41, 5.74) is 3.98. The van der Waals surface area contributed by atoms with Gasteiger partial charge in [-0.05, 0) is 24.6 Å². The molecule has 0 aliphatic carbocycles. The summed E-state index contributed by atoms with van der Waals surface area (Å²) in [7, 11) is 1.70. The van der Waals surface area contributed by atoms with Crippen molar-refractivity contribution in [2.45, 2.75) is 20.0 Å². The van der Waals surface area contributed by atoms with Crippen LogP contribution in [0.25, 0.3) is 0 Å². The molecule has 1 fully saturated rings. The Morgan fingerprint density at radius 1 is 1.13 bits per heavy atom. The fourth-order valence-corrected chi connectivity index (χ4v) is 4.56. The van der Waals surface area contributed by atoms with E-state index in [9.17, 15) is 4.79 Å². The van der Waals surface area contributed by atoms with Crippen molar-refractivity contribution in [3.63, 3.8) is 0 Å². The van der Waals surface area contributed by atoms with E-state index in [1.165, 1.54) is 11.3 Å². The van der Waals surface area contributed by atoms with Crippen molar-refractivity contribution in [3.05, 3.63) is 75.7 Å². The van der Waals surface area contributed by atoms with Crippen LogP contribution in [0, 0.1) is 6.92 Å². The highest BCUT2D eigenvalue weighted by atomic mass is 32.1. The van der Waals surface area contributed by atoms with Crippen molar-refractivity contribution < 1.29 is 9.53 Å². The standard InChI is InChI=1S/C24H28N4O2S/c1-18-5-3-6-19(13-18)15-25-24(29)22-17-31-23(26-22)16-27-9-11-28(12-10-27)20-7-4-8-21(14-20)30-2/h3-8,13-14,17H,9-12,15-16H2,1-2H3,(H,25,29). The van der Waals surface area contributed by atoms with Crippen molar-refractivity contribution in [1.82, 2.24) is 15.2 Å². The van der Waals surface area contributed by atoms with Crippen molar-refractivity contribution >= 4 is 22.9 Å². The van der Waals surface area contributed by atoms with Crippen molar-refractivity contribution in [1.29, 1.82) is 0 Å². The minimum absolute atomic E-state index is 0.119. The number of aromatic nitrogens is 1. The van der Waals surface area contributed by atoms with Crippen LogP contribution in [-0.2, 0) is 13.1 Å². The Bertz CT molecular complexity index is 1030. The molecule has 1 aliphatic heterocycles. The predicted octanol–water partition coefficient (Wildman–Crippen LogP) is 3.71. The van der Waals surface area contributed by atoms with E-state index in [0.29, 0.717) is 12.2 Å². The molecule has 1 amide bonds. The molecule has 31 heavy (non-hydrogen) atoms. The van der Waals surface area contributed by atoms with Crippen molar-refractivity contribution in [2.75, 3.05) is 38.2 Å². The number of nitrogens with zero attached hydrogens (tertiary/aromatic N) is 3. The molecule has 3 aromatic rings. The molecule has 0 atom stereocenters. The van der Waals surface area contributed by atoms with Gasteiger partial charge in [-0.1, -0.05) is 35.9 Å². The number of carbonyl (C=O) groups is 1. The lowest BCUT2D eigenvalue weighted by molar-refractivity contribution is 0.0946. The number of rotatable bonds is 7. The second kappa shape index (κ2) is 9.94. The van der Waals surface area contributed by atoms with Crippen LogP contribution in [0.4, 0.5) is 5.69 Å². The third-order valence-electron chi connectivity index (χ3n) is 5.47. The van der Waals surface area contributed by atoms with E-state index < -0.39 is 0 Å². The Morgan fingerprint density at radius 2 is 1.94 bits per heavy atom. The molecule has 1 aromatic heterocycles. The van der Waals surface area contributed by atoms with E-state index >= 15 is 0 Å². The summed E-state index contributed by atoms with van der Waals surface area (Å²) in [6.07, 6.45) is 0. The quantitative estimate of drug-likeness (QED) is 0.612. The largest absolute Gasteiger partial charge is 0.497 e. The van der Waals surface area contributed by atoms with Gasteiger partial charge in [0, 0.05) is 49.9 Å². The van der Waals surface area contributed by atoms with Gasteiger partial charge in [0.25, 0.3) is 5.91 Å². The van der Waals surface area contributed by atoms with Crippen LogP contribution in [0.3, 0.4) is 0 Å². The molecule has 0 saturated carbocycles. The van der Waals surface area contributed by atoms with Crippen LogP contribution in [0.15, 0.2) is 53.9 Å². The molecule has 0 spiro atoms. The van der Waals surface area contributed by atoms with Gasteiger partial charge in [-0.3, -0.25) is 9.69 Å². The maximum absolute atomic E-state index is 12.5. The van der Waals surface area contributed by atoms with Crippen LogP contribution in [-0.4, -0.2) is 49.1 Å². The Hall–Kier alpha value is -2.90. The lowest BCUT2D eigenvalue weighted by Crippen LogP contribution is -2.45. The van der Waals surface area contributed by atoms with Gasteiger partial charge < -0.3 is 15.0 Å². The summed E-state index contributed by atoms with van der Waals surface area (Å²) in [5, 5.41) is 5.80. The normalized spacial score (nSPS) is 14.5. The van der Waals surface area contributed by atoms with E-state index in [-0.39, 0.29) is 5.91 Å². The third kappa shape index (κ3) is 5.62. The van der Waals surface area contributed by atoms with Gasteiger partial charge in [-0.2, -0.15) is 0 Å². The number of amides is 1. The molecule has 6 nitrogen and oxygen atoms in total. The minimum Gasteiger partial charge on any atom is -0.497 e. The smallest absolute Gasteiger partial charge is 0.271 e. The lowest BCUT2D eigenvalue weighted by atomic mass is 10.1. The Morgan fingerprint density at radius 3 is 2.71 bits per heavy atom. The topological polar surface area (TPSA) is 57.7 Å². The number of ether oxygens (including phenoxy) is 1. The van der Waals surface area contributed by atoms with Crippen LogP contribution in [0.5, 0.6) is 5.75 Å². The van der Waals surface area contributed by atoms with Crippen LogP contribution < -0.4 is 15.0 Å². The number of benzene rings is 2. The SMILES string of the molecule is COc1cccc(N2CCN(Cc3nc(C(=O)NCc4cccc(C)c4)cs3)CC2)c1. The van der Waals surface area contributed by atoms with Crippen molar-refractivity contribution in [2.24, 2.45) is 0 Å². The van der Waals surface area contributed by atoms with Crippen molar-refractivity contribution in [3.8, 4) is 5.75 Å². The first-order valence-corrected chi connectivity index (χ1v) is 11.4. The zero-order valence-electron chi connectivity index (χ0n) is 18.0. The summed E-state index contributed by atoms with van der Waals surface area (Å²) in [6.45, 7) is 7.19. The number of methoxy groups -OCH3 is 1. The molecule has 1 N–H and O–H groups in total. The van der Waals surface area contributed by atoms with E-state index in [1.54, 1.807) is 18.4 Å². The summed E-state index contributed by atoms with van der Waals surface area (Å²) in [6, 6.07) is 16.4. The molecule has 162 valence electrons. The fraction of sp³-hybridized carbons (Fsp3) is 0.333. The number of nitrogens with one attached hydrogen (secondary N) is 1. The molecular formula is C24H28N4O2S. The molecular weight excluding hydrogens is 408 g/mol. The number of piperazine rings is 1. The average Bonchev–Trinajstić information content (AvgIpc) is 3.27. The minimum atomic E-state index is -0.119. The van der Waals surface area contributed by atoms with Gasteiger partial charge in [-0.15, -0.1) is 11.3 Å². The summed E-state index contributed by atoms with van der Waals surface area (Å²) in [4.78, 5) is 21.8. The summed E-state index contributed by atoms with van der Waals surface area (Å²) in [5.74, 6) is 0.766. The van der Waals surface area contributed by atoms with E-state index in [4.69, 9.17) is 4.74 Å². The molecule has 1 saturated heterocycles. The number of carbonyl (C=O) groups excluding carboxylic acids is 1. The van der Waals surface area contributed by atoms with Crippen LogP contribution in [0.1, 0.15) is 26.6 Å². The Kier molecular flexibility index (Phi) is 6.84. The van der Waals surface area contributed by atoms with Gasteiger partial charge in [0.15, 0.2) is 0 Å². The first kappa shape index (κ1) is 21.3. The highest BCUT2D eigenvalue weighted by molar-refractivity contribution is 7.09. The second-order valence-electron chi connectivity index (χ2n) is 7.76.